The van der Waals surface area contributed by atoms with Crippen molar-refractivity contribution < 1.29 is 8.78 Å². The summed E-state index contributed by atoms with van der Waals surface area (Å²) in [4.78, 5) is 0. The highest BCUT2D eigenvalue weighted by molar-refractivity contribution is 5.02. The summed E-state index contributed by atoms with van der Waals surface area (Å²) in [5.41, 5.74) is 5.14. The molecule has 0 saturated heterocycles. The molecule has 0 amide bonds. The smallest absolute Gasteiger partial charge is 0.260 e. The lowest BCUT2D eigenvalue weighted by atomic mass is 9.48. The molecule has 4 bridgehead atoms. The second kappa shape index (κ2) is 3.41. The van der Waals surface area contributed by atoms with Gasteiger partial charge in [0.15, 0.2) is 0 Å². The van der Waals surface area contributed by atoms with E-state index in [4.69, 9.17) is 5.73 Å². The van der Waals surface area contributed by atoms with Crippen molar-refractivity contribution >= 4 is 0 Å². The maximum atomic E-state index is 13.5. The third kappa shape index (κ3) is 1.77. The van der Waals surface area contributed by atoms with Crippen LogP contribution >= 0.6 is 0 Å². The summed E-state index contributed by atoms with van der Waals surface area (Å²) >= 11 is 0. The number of hydrogen-bond donors (Lipinski definition) is 1. The number of hydrogen-bond acceptors (Lipinski definition) is 1. The van der Waals surface area contributed by atoms with E-state index < -0.39 is 12.5 Å². The molecule has 0 radical (unpaired) electrons. The quantitative estimate of drug-likeness (QED) is 0.790. The molecule has 4 fully saturated rings. The van der Waals surface area contributed by atoms with E-state index in [1.165, 1.54) is 19.3 Å². The van der Waals surface area contributed by atoms with Crippen molar-refractivity contribution in [3.63, 3.8) is 0 Å². The van der Waals surface area contributed by atoms with Gasteiger partial charge in [0, 0.05) is 6.42 Å². The molecule has 3 heteroatoms. The Morgan fingerprint density at radius 3 is 1.81 bits per heavy atom. The Hall–Kier alpha value is -0.180. The van der Waals surface area contributed by atoms with Gasteiger partial charge in [-0.1, -0.05) is 0 Å². The van der Waals surface area contributed by atoms with Gasteiger partial charge in [-0.15, -0.1) is 0 Å². The normalized spacial score (nSPS) is 46.3. The summed E-state index contributed by atoms with van der Waals surface area (Å²) in [7, 11) is 0. The molecule has 16 heavy (non-hydrogen) atoms. The first kappa shape index (κ1) is 10.9. The van der Waals surface area contributed by atoms with Crippen LogP contribution in [0.25, 0.3) is 0 Å². The molecule has 2 N–H and O–H groups in total. The van der Waals surface area contributed by atoms with E-state index in [-0.39, 0.29) is 11.8 Å². The Morgan fingerprint density at radius 1 is 1.00 bits per heavy atom. The largest absolute Gasteiger partial charge is 0.325 e. The molecule has 4 aliphatic rings. The molecule has 0 aromatic heterocycles. The minimum atomic E-state index is -2.63. The molecule has 0 spiro atoms. The molecule has 4 saturated carbocycles. The minimum Gasteiger partial charge on any atom is -0.325 e. The number of halogens is 2. The first-order chi connectivity index (χ1) is 7.50. The number of rotatable bonds is 3. The summed E-state index contributed by atoms with van der Waals surface area (Å²) in [5.74, 6) is -0.384. The fourth-order valence-corrected chi connectivity index (χ4v) is 5.13. The minimum absolute atomic E-state index is 0.0440. The molecule has 0 aromatic carbocycles. The van der Waals surface area contributed by atoms with Crippen LogP contribution < -0.4 is 5.73 Å². The average molecular weight is 229 g/mol. The zero-order valence-corrected chi connectivity index (χ0v) is 9.72. The summed E-state index contributed by atoms with van der Waals surface area (Å²) in [6.45, 7) is -0.477. The van der Waals surface area contributed by atoms with Crippen LogP contribution in [0.1, 0.15) is 44.9 Å². The Bertz CT molecular complexity index is 252. The van der Waals surface area contributed by atoms with Crippen molar-refractivity contribution in [3.8, 4) is 0 Å². The van der Waals surface area contributed by atoms with Crippen LogP contribution in [0.15, 0.2) is 0 Å². The van der Waals surface area contributed by atoms with E-state index in [0.717, 1.165) is 37.0 Å². The van der Waals surface area contributed by atoms with Crippen LogP contribution in [-0.4, -0.2) is 12.5 Å². The van der Waals surface area contributed by atoms with Crippen LogP contribution in [0.2, 0.25) is 0 Å². The van der Waals surface area contributed by atoms with Crippen molar-refractivity contribution in [1.29, 1.82) is 0 Å². The first-order valence-electron chi connectivity index (χ1n) is 6.58. The van der Waals surface area contributed by atoms with Gasteiger partial charge in [0.05, 0.1) is 6.54 Å². The third-order valence-corrected chi connectivity index (χ3v) is 5.10. The molecule has 4 rings (SSSR count). The van der Waals surface area contributed by atoms with Gasteiger partial charge < -0.3 is 5.73 Å². The van der Waals surface area contributed by atoms with Crippen molar-refractivity contribution in [2.45, 2.75) is 50.9 Å². The van der Waals surface area contributed by atoms with E-state index in [0.29, 0.717) is 0 Å². The maximum absolute atomic E-state index is 13.5. The van der Waals surface area contributed by atoms with E-state index in [1.54, 1.807) is 0 Å². The zero-order chi connectivity index (χ0) is 11.4. The molecular formula is C13H21F2N. The SMILES string of the molecule is NCC(F)(F)CC12CC3CC(CC(C3)C1)C2. The lowest BCUT2D eigenvalue weighted by molar-refractivity contribution is -0.115. The highest BCUT2D eigenvalue weighted by atomic mass is 19.3. The van der Waals surface area contributed by atoms with Crippen molar-refractivity contribution in [1.82, 2.24) is 0 Å². The molecule has 0 heterocycles. The van der Waals surface area contributed by atoms with Crippen LogP contribution in [0, 0.1) is 23.2 Å². The van der Waals surface area contributed by atoms with E-state index in [9.17, 15) is 8.78 Å². The molecule has 0 unspecified atom stereocenters. The fraction of sp³-hybridized carbons (Fsp3) is 1.00. The lowest BCUT2D eigenvalue weighted by Crippen LogP contribution is -2.49. The van der Waals surface area contributed by atoms with Gasteiger partial charge in [0.1, 0.15) is 0 Å². The summed E-state index contributed by atoms with van der Waals surface area (Å²) in [5, 5.41) is 0. The molecule has 0 aliphatic heterocycles. The molecule has 0 atom stereocenters. The van der Waals surface area contributed by atoms with Crippen molar-refractivity contribution in [2.75, 3.05) is 6.54 Å². The molecule has 92 valence electrons. The van der Waals surface area contributed by atoms with Gasteiger partial charge in [-0.05, 0) is 61.7 Å². The standard InChI is InChI=1S/C13H21F2N/c14-13(15,8-16)7-12-4-9-1-10(5-12)3-11(2-9)6-12/h9-11H,1-8,16H2. The monoisotopic (exact) mass is 229 g/mol. The van der Waals surface area contributed by atoms with Gasteiger partial charge in [-0.2, -0.15) is 0 Å². The summed E-state index contributed by atoms with van der Waals surface area (Å²) in [6, 6.07) is 0. The van der Waals surface area contributed by atoms with Crippen LogP contribution in [0.3, 0.4) is 0 Å². The van der Waals surface area contributed by atoms with E-state index >= 15 is 0 Å². The summed E-state index contributed by atoms with van der Waals surface area (Å²) in [6.07, 6.45) is 7.14. The van der Waals surface area contributed by atoms with E-state index in [1.807, 2.05) is 0 Å². The fourth-order valence-electron chi connectivity index (χ4n) is 5.13. The van der Waals surface area contributed by atoms with E-state index in [2.05, 4.69) is 0 Å². The van der Waals surface area contributed by atoms with Crippen LogP contribution in [0.5, 0.6) is 0 Å². The topological polar surface area (TPSA) is 26.0 Å². The molecule has 1 nitrogen and oxygen atoms in total. The predicted molar refractivity (Wildman–Crippen MR) is 59.2 cm³/mol. The second-order valence-corrected chi connectivity index (χ2v) is 6.65. The highest BCUT2D eigenvalue weighted by Crippen LogP contribution is 2.62. The highest BCUT2D eigenvalue weighted by Gasteiger charge is 2.53. The first-order valence-corrected chi connectivity index (χ1v) is 6.58. The molecular weight excluding hydrogens is 208 g/mol. The summed E-state index contributed by atoms with van der Waals surface area (Å²) < 4.78 is 27.1. The number of alkyl halides is 2. The lowest BCUT2D eigenvalue weighted by Gasteiger charge is -2.57. The van der Waals surface area contributed by atoms with Crippen molar-refractivity contribution in [3.05, 3.63) is 0 Å². The Morgan fingerprint density at radius 2 is 1.44 bits per heavy atom. The predicted octanol–water partition coefficient (Wildman–Crippen LogP) is 3.19. The van der Waals surface area contributed by atoms with Gasteiger partial charge in [0.2, 0.25) is 0 Å². The van der Waals surface area contributed by atoms with Gasteiger partial charge in [0.25, 0.3) is 5.92 Å². The van der Waals surface area contributed by atoms with Gasteiger partial charge in [-0.25, -0.2) is 8.78 Å². The van der Waals surface area contributed by atoms with Crippen LogP contribution in [0.4, 0.5) is 8.78 Å². The molecule has 4 aliphatic carbocycles. The second-order valence-electron chi connectivity index (χ2n) is 6.65. The van der Waals surface area contributed by atoms with Gasteiger partial charge >= 0.3 is 0 Å². The Balaban J connectivity index is 1.78. The van der Waals surface area contributed by atoms with Gasteiger partial charge in [-0.3, -0.25) is 0 Å². The van der Waals surface area contributed by atoms with Crippen molar-refractivity contribution in [2.24, 2.45) is 28.9 Å². The zero-order valence-electron chi connectivity index (χ0n) is 9.72. The Kier molecular flexibility index (Phi) is 2.33. The Labute approximate surface area is 95.8 Å². The third-order valence-electron chi connectivity index (χ3n) is 5.10. The maximum Gasteiger partial charge on any atom is 0.260 e. The average Bonchev–Trinajstić information content (AvgIpc) is 2.13. The van der Waals surface area contributed by atoms with Crippen LogP contribution in [-0.2, 0) is 0 Å². The molecule has 0 aromatic rings. The number of nitrogens with two attached hydrogens (primary N) is 1.